The van der Waals surface area contributed by atoms with Gasteiger partial charge < -0.3 is 0 Å². The molecule has 60 valence electrons. The molecule has 2 nitrogen and oxygen atoms in total. The number of rotatable bonds is 1. The Morgan fingerprint density at radius 3 is 3.00 bits per heavy atom. The molecule has 0 atom stereocenters. The fraction of sp³-hybridized carbons (Fsp3) is 0.100. The molecule has 1 aromatic heterocycles. The molecule has 0 radical (unpaired) electrons. The molecule has 1 aromatic carbocycles. The number of hydrogen-bond acceptors (Lipinski definition) is 1. The zero-order chi connectivity index (χ0) is 8.39. The molecule has 0 saturated carbocycles. The molecule has 0 fully saturated rings. The Morgan fingerprint density at radius 2 is 2.17 bits per heavy atom. The van der Waals surface area contributed by atoms with E-state index in [0.717, 1.165) is 11.2 Å². The Morgan fingerprint density at radius 1 is 1.33 bits per heavy atom. The van der Waals surface area contributed by atoms with Crippen molar-refractivity contribution < 1.29 is 0 Å². The second-order valence-electron chi connectivity index (χ2n) is 2.65. The fourth-order valence-electron chi connectivity index (χ4n) is 1.27. The summed E-state index contributed by atoms with van der Waals surface area (Å²) in [6.45, 7) is 2.00. The lowest BCUT2D eigenvalue weighted by atomic mass is 10.2. The lowest BCUT2D eigenvalue weighted by Crippen LogP contribution is -1.69. The van der Waals surface area contributed by atoms with Crippen LogP contribution in [0.25, 0.3) is 17.0 Å². The molecule has 0 aliphatic carbocycles. The van der Waals surface area contributed by atoms with Crippen molar-refractivity contribution in [1.29, 1.82) is 0 Å². The molecule has 0 spiro atoms. The number of nitrogens with zero attached hydrogens (tertiary/aromatic N) is 1. The van der Waals surface area contributed by atoms with Crippen LogP contribution in [0.2, 0.25) is 0 Å². The van der Waals surface area contributed by atoms with Gasteiger partial charge in [0.1, 0.15) is 0 Å². The average Bonchev–Trinajstić information content (AvgIpc) is 2.50. The Hall–Kier alpha value is -1.57. The zero-order valence-electron chi connectivity index (χ0n) is 6.91. The van der Waals surface area contributed by atoms with E-state index in [1.165, 1.54) is 5.39 Å². The van der Waals surface area contributed by atoms with Crippen molar-refractivity contribution >= 4 is 17.0 Å². The van der Waals surface area contributed by atoms with Crippen molar-refractivity contribution in [2.75, 3.05) is 0 Å². The van der Waals surface area contributed by atoms with E-state index in [1.54, 1.807) is 0 Å². The molecule has 0 saturated heterocycles. The van der Waals surface area contributed by atoms with Crippen LogP contribution in [0.15, 0.2) is 30.3 Å². The van der Waals surface area contributed by atoms with Gasteiger partial charge in [-0.1, -0.05) is 24.3 Å². The van der Waals surface area contributed by atoms with Gasteiger partial charge in [-0.3, -0.25) is 5.10 Å². The van der Waals surface area contributed by atoms with E-state index >= 15 is 0 Å². The van der Waals surface area contributed by atoms with Crippen LogP contribution in [0.4, 0.5) is 0 Å². The minimum Gasteiger partial charge on any atom is -0.277 e. The summed E-state index contributed by atoms with van der Waals surface area (Å²) >= 11 is 0. The van der Waals surface area contributed by atoms with E-state index in [0.29, 0.717) is 0 Å². The van der Waals surface area contributed by atoms with Crippen molar-refractivity contribution in [3.63, 3.8) is 0 Å². The van der Waals surface area contributed by atoms with Gasteiger partial charge in [0.15, 0.2) is 0 Å². The highest BCUT2D eigenvalue weighted by molar-refractivity contribution is 5.86. The van der Waals surface area contributed by atoms with E-state index in [1.807, 2.05) is 37.3 Å². The van der Waals surface area contributed by atoms with Crippen molar-refractivity contribution in [2.45, 2.75) is 6.92 Å². The number of hydrogen-bond donors (Lipinski definition) is 1. The first-order valence-electron chi connectivity index (χ1n) is 3.97. The molecule has 2 rings (SSSR count). The summed E-state index contributed by atoms with van der Waals surface area (Å²) in [5.41, 5.74) is 2.10. The van der Waals surface area contributed by atoms with E-state index in [4.69, 9.17) is 0 Å². The lowest BCUT2D eigenvalue weighted by molar-refractivity contribution is 1.11. The zero-order valence-corrected chi connectivity index (χ0v) is 6.91. The highest BCUT2D eigenvalue weighted by Gasteiger charge is 1.98. The van der Waals surface area contributed by atoms with Crippen LogP contribution in [0.1, 0.15) is 12.6 Å². The smallest absolute Gasteiger partial charge is 0.0927 e. The first-order valence-corrected chi connectivity index (χ1v) is 3.97. The van der Waals surface area contributed by atoms with Crippen molar-refractivity contribution in [3.8, 4) is 0 Å². The Balaban J connectivity index is 2.70. The van der Waals surface area contributed by atoms with Gasteiger partial charge in [0, 0.05) is 5.39 Å². The molecular formula is C10H10N2. The lowest BCUT2D eigenvalue weighted by Gasteiger charge is -1.86. The highest BCUT2D eigenvalue weighted by atomic mass is 15.1. The van der Waals surface area contributed by atoms with Crippen LogP contribution in [-0.2, 0) is 0 Å². The summed E-state index contributed by atoms with van der Waals surface area (Å²) < 4.78 is 0. The molecule has 0 amide bonds. The van der Waals surface area contributed by atoms with Crippen LogP contribution < -0.4 is 0 Å². The molecule has 2 aromatic rings. The number of aromatic nitrogens is 2. The first-order chi connectivity index (χ1) is 5.92. The van der Waals surface area contributed by atoms with Crippen LogP contribution in [-0.4, -0.2) is 10.2 Å². The van der Waals surface area contributed by atoms with Gasteiger partial charge in [-0.2, -0.15) is 5.10 Å². The first kappa shape index (κ1) is 7.10. The third-order valence-electron chi connectivity index (χ3n) is 1.82. The van der Waals surface area contributed by atoms with Gasteiger partial charge in [0.2, 0.25) is 0 Å². The number of aromatic amines is 1. The van der Waals surface area contributed by atoms with Crippen LogP contribution in [0.3, 0.4) is 0 Å². The molecule has 1 N–H and O–H groups in total. The predicted octanol–water partition coefficient (Wildman–Crippen LogP) is 2.60. The minimum absolute atomic E-state index is 1.02. The summed E-state index contributed by atoms with van der Waals surface area (Å²) in [7, 11) is 0. The Bertz CT molecular complexity index is 412. The SMILES string of the molecule is CC=Cc1[nH]nc2ccccc12. The highest BCUT2D eigenvalue weighted by Crippen LogP contribution is 2.15. The summed E-state index contributed by atoms with van der Waals surface area (Å²) in [4.78, 5) is 0. The number of H-pyrrole nitrogens is 1. The van der Waals surface area contributed by atoms with Crippen LogP contribution >= 0.6 is 0 Å². The van der Waals surface area contributed by atoms with Gasteiger partial charge in [-0.25, -0.2) is 0 Å². The van der Waals surface area contributed by atoms with Crippen molar-refractivity contribution in [2.24, 2.45) is 0 Å². The molecule has 0 aliphatic heterocycles. The van der Waals surface area contributed by atoms with Crippen LogP contribution in [0, 0.1) is 0 Å². The van der Waals surface area contributed by atoms with Gasteiger partial charge in [0.05, 0.1) is 11.2 Å². The monoisotopic (exact) mass is 158 g/mol. The van der Waals surface area contributed by atoms with Crippen molar-refractivity contribution in [3.05, 3.63) is 36.0 Å². The number of nitrogens with one attached hydrogen (secondary N) is 1. The quantitative estimate of drug-likeness (QED) is 0.679. The minimum atomic E-state index is 1.02. The maximum Gasteiger partial charge on any atom is 0.0927 e. The molecule has 0 bridgehead atoms. The molecule has 0 unspecified atom stereocenters. The normalized spacial score (nSPS) is 11.4. The molecule has 1 heterocycles. The number of benzene rings is 1. The molecule has 2 heteroatoms. The van der Waals surface area contributed by atoms with Gasteiger partial charge in [-0.15, -0.1) is 0 Å². The third kappa shape index (κ3) is 1.01. The summed E-state index contributed by atoms with van der Waals surface area (Å²) in [6.07, 6.45) is 4.02. The van der Waals surface area contributed by atoms with E-state index in [-0.39, 0.29) is 0 Å². The summed E-state index contributed by atoms with van der Waals surface area (Å²) in [5.74, 6) is 0. The summed E-state index contributed by atoms with van der Waals surface area (Å²) in [6, 6.07) is 8.07. The topological polar surface area (TPSA) is 28.7 Å². The Labute approximate surface area is 70.9 Å². The molecular weight excluding hydrogens is 148 g/mol. The second-order valence-corrected chi connectivity index (χ2v) is 2.65. The standard InChI is InChI=1S/C10H10N2/c1-2-5-9-8-6-3-4-7-10(8)12-11-9/h2-7H,1H3,(H,11,12). The average molecular weight is 158 g/mol. The third-order valence-corrected chi connectivity index (χ3v) is 1.82. The summed E-state index contributed by atoms with van der Waals surface area (Å²) in [5, 5.41) is 8.32. The predicted molar refractivity (Wildman–Crippen MR) is 50.8 cm³/mol. The van der Waals surface area contributed by atoms with E-state index in [9.17, 15) is 0 Å². The molecule has 12 heavy (non-hydrogen) atoms. The molecule has 0 aliphatic rings. The number of allylic oxidation sites excluding steroid dienone is 1. The van der Waals surface area contributed by atoms with Gasteiger partial charge in [0.25, 0.3) is 0 Å². The maximum absolute atomic E-state index is 4.16. The fourth-order valence-corrected chi connectivity index (χ4v) is 1.27. The maximum atomic E-state index is 4.16. The second kappa shape index (κ2) is 2.81. The number of para-hydroxylation sites is 1. The van der Waals surface area contributed by atoms with Gasteiger partial charge in [-0.05, 0) is 19.1 Å². The van der Waals surface area contributed by atoms with Crippen molar-refractivity contribution in [1.82, 2.24) is 10.2 Å². The number of fused-ring (bicyclic) bond motifs is 1. The van der Waals surface area contributed by atoms with E-state index in [2.05, 4.69) is 16.3 Å². The largest absolute Gasteiger partial charge is 0.277 e. The van der Waals surface area contributed by atoms with E-state index < -0.39 is 0 Å². The van der Waals surface area contributed by atoms with Gasteiger partial charge >= 0.3 is 0 Å². The van der Waals surface area contributed by atoms with Crippen LogP contribution in [0.5, 0.6) is 0 Å². The Kier molecular flexibility index (Phi) is 1.67.